The van der Waals surface area contributed by atoms with Crippen LogP contribution in [0.1, 0.15) is 70.8 Å². The van der Waals surface area contributed by atoms with Gasteiger partial charge in [-0.3, -0.25) is 4.79 Å². The number of hydrogen-bond acceptors (Lipinski definition) is 4. The molecule has 1 aromatic rings. The van der Waals surface area contributed by atoms with Gasteiger partial charge in [-0.2, -0.15) is 0 Å². The third-order valence-electron chi connectivity index (χ3n) is 4.93. The molecule has 1 atom stereocenters. The Morgan fingerprint density at radius 3 is 2.06 bits per heavy atom. The van der Waals surface area contributed by atoms with E-state index in [2.05, 4.69) is 35.1 Å². The van der Waals surface area contributed by atoms with E-state index in [9.17, 15) is 14.4 Å². The van der Waals surface area contributed by atoms with Crippen molar-refractivity contribution in [2.75, 3.05) is 19.6 Å². The molecule has 0 bridgehead atoms. The number of nitrogens with one attached hydrogen (secondary N) is 4. The van der Waals surface area contributed by atoms with Crippen molar-refractivity contribution in [2.24, 2.45) is 0 Å². The van der Waals surface area contributed by atoms with Crippen LogP contribution in [0.25, 0.3) is 0 Å². The van der Waals surface area contributed by atoms with E-state index in [0.717, 1.165) is 56.9 Å². The average molecular weight is 449 g/mol. The lowest BCUT2D eigenvalue weighted by Gasteiger charge is -2.19. The minimum Gasteiger partial charge on any atom is -0.445 e. The molecule has 1 aromatic carbocycles. The molecule has 32 heavy (non-hydrogen) atoms. The Labute approximate surface area is 192 Å². The Morgan fingerprint density at radius 2 is 1.44 bits per heavy atom. The number of amides is 4. The predicted octanol–water partition coefficient (Wildman–Crippen LogP) is 3.86. The lowest BCUT2D eigenvalue weighted by molar-refractivity contribution is -0.122. The number of urea groups is 1. The van der Waals surface area contributed by atoms with Crippen molar-refractivity contribution in [3.05, 3.63) is 35.9 Å². The first-order chi connectivity index (χ1) is 15.6. The van der Waals surface area contributed by atoms with E-state index in [-0.39, 0.29) is 19.1 Å². The molecule has 0 saturated carbocycles. The van der Waals surface area contributed by atoms with E-state index >= 15 is 0 Å². The standard InChI is InChI=1S/C24H40N4O4/c1-3-5-7-12-16-25-22(29)21(28-23(30)26-17-13-8-6-4-2)18-27-24(31)32-19-20-14-10-9-11-15-20/h9-11,14-15,21H,3-8,12-13,16-19H2,1-2H3,(H,25,29)(H,27,31)(H2,26,28,30)/t21-/m0/s1. The van der Waals surface area contributed by atoms with Crippen LogP contribution in [0, 0.1) is 0 Å². The van der Waals surface area contributed by atoms with Gasteiger partial charge in [-0.15, -0.1) is 0 Å². The topological polar surface area (TPSA) is 109 Å². The van der Waals surface area contributed by atoms with Crippen molar-refractivity contribution < 1.29 is 19.1 Å². The SMILES string of the molecule is CCCCCCNC(=O)N[C@@H](CNC(=O)OCc1ccccc1)C(=O)NCCCCCC. The Kier molecular flexibility index (Phi) is 15.2. The molecule has 0 saturated heterocycles. The van der Waals surface area contributed by atoms with Crippen LogP contribution in [0.5, 0.6) is 0 Å². The van der Waals surface area contributed by atoms with Crippen LogP contribution in [0.3, 0.4) is 0 Å². The second-order valence-electron chi connectivity index (χ2n) is 7.81. The lowest BCUT2D eigenvalue weighted by atomic mass is 10.2. The van der Waals surface area contributed by atoms with Crippen LogP contribution in [-0.4, -0.2) is 43.7 Å². The van der Waals surface area contributed by atoms with Crippen molar-refractivity contribution in [3.8, 4) is 0 Å². The first-order valence-electron chi connectivity index (χ1n) is 11.8. The second kappa shape index (κ2) is 17.9. The van der Waals surface area contributed by atoms with Crippen LogP contribution >= 0.6 is 0 Å². The van der Waals surface area contributed by atoms with E-state index in [0.29, 0.717) is 13.1 Å². The fourth-order valence-corrected chi connectivity index (χ4v) is 3.02. The highest BCUT2D eigenvalue weighted by molar-refractivity contribution is 5.87. The minimum atomic E-state index is -0.888. The lowest BCUT2D eigenvalue weighted by Crippen LogP contribution is -2.55. The molecule has 8 heteroatoms. The fraction of sp³-hybridized carbons (Fsp3) is 0.625. The van der Waals surface area contributed by atoms with Gasteiger partial charge in [-0.1, -0.05) is 82.7 Å². The van der Waals surface area contributed by atoms with Gasteiger partial charge in [-0.25, -0.2) is 9.59 Å². The maximum Gasteiger partial charge on any atom is 0.407 e. The quantitative estimate of drug-likeness (QED) is 0.288. The number of alkyl carbamates (subject to hydrolysis) is 1. The van der Waals surface area contributed by atoms with Gasteiger partial charge >= 0.3 is 12.1 Å². The molecule has 0 heterocycles. The maximum atomic E-state index is 12.6. The van der Waals surface area contributed by atoms with Crippen LogP contribution in [0.2, 0.25) is 0 Å². The minimum absolute atomic E-state index is 0.0579. The van der Waals surface area contributed by atoms with Crippen LogP contribution in [-0.2, 0) is 16.1 Å². The number of benzene rings is 1. The summed E-state index contributed by atoms with van der Waals surface area (Å²) in [4.78, 5) is 36.8. The molecule has 4 N–H and O–H groups in total. The summed E-state index contributed by atoms with van der Waals surface area (Å²) in [5.41, 5.74) is 0.865. The third kappa shape index (κ3) is 13.5. The predicted molar refractivity (Wildman–Crippen MR) is 126 cm³/mol. The Balaban J connectivity index is 2.47. The maximum absolute atomic E-state index is 12.6. The zero-order valence-electron chi connectivity index (χ0n) is 19.6. The van der Waals surface area contributed by atoms with Crippen molar-refractivity contribution in [1.29, 1.82) is 0 Å². The highest BCUT2D eigenvalue weighted by atomic mass is 16.5. The molecule has 8 nitrogen and oxygen atoms in total. The van der Waals surface area contributed by atoms with Gasteiger partial charge in [0.15, 0.2) is 0 Å². The molecule has 0 aliphatic rings. The Morgan fingerprint density at radius 1 is 0.812 bits per heavy atom. The van der Waals surface area contributed by atoms with Gasteiger partial charge in [0.05, 0.1) is 6.54 Å². The fourth-order valence-electron chi connectivity index (χ4n) is 3.02. The van der Waals surface area contributed by atoms with E-state index in [1.807, 2.05) is 30.3 Å². The number of ether oxygens (including phenoxy) is 1. The molecule has 1 rings (SSSR count). The van der Waals surface area contributed by atoms with Crippen LogP contribution in [0.15, 0.2) is 30.3 Å². The molecular weight excluding hydrogens is 408 g/mol. The molecule has 0 aliphatic carbocycles. The number of rotatable bonds is 16. The Hall–Kier alpha value is -2.77. The Bertz CT molecular complexity index is 655. The summed E-state index contributed by atoms with van der Waals surface area (Å²) < 4.78 is 5.18. The van der Waals surface area contributed by atoms with Gasteiger partial charge < -0.3 is 26.0 Å². The van der Waals surface area contributed by atoms with E-state index < -0.39 is 18.2 Å². The summed E-state index contributed by atoms with van der Waals surface area (Å²) in [7, 11) is 0. The summed E-state index contributed by atoms with van der Waals surface area (Å²) in [6, 6.07) is 8.01. The summed E-state index contributed by atoms with van der Waals surface area (Å²) in [5.74, 6) is -0.328. The first-order valence-corrected chi connectivity index (χ1v) is 11.8. The smallest absolute Gasteiger partial charge is 0.407 e. The molecule has 0 spiro atoms. The van der Waals surface area contributed by atoms with E-state index in [1.54, 1.807) is 0 Å². The molecule has 0 unspecified atom stereocenters. The van der Waals surface area contributed by atoms with Crippen molar-refractivity contribution in [1.82, 2.24) is 21.3 Å². The zero-order chi connectivity index (χ0) is 23.4. The van der Waals surface area contributed by atoms with Crippen molar-refractivity contribution in [2.45, 2.75) is 77.9 Å². The van der Waals surface area contributed by atoms with Gasteiger partial charge in [0.25, 0.3) is 0 Å². The van der Waals surface area contributed by atoms with E-state index in [4.69, 9.17) is 4.74 Å². The first kappa shape index (κ1) is 27.3. The molecule has 0 fully saturated rings. The second-order valence-corrected chi connectivity index (χ2v) is 7.81. The number of unbranched alkanes of at least 4 members (excludes halogenated alkanes) is 6. The average Bonchev–Trinajstić information content (AvgIpc) is 2.80. The highest BCUT2D eigenvalue weighted by Gasteiger charge is 2.21. The normalized spacial score (nSPS) is 11.3. The monoisotopic (exact) mass is 448 g/mol. The zero-order valence-corrected chi connectivity index (χ0v) is 19.6. The summed E-state index contributed by atoms with van der Waals surface area (Å²) in [5, 5.41) is 10.8. The number of carbonyl (C=O) groups excluding carboxylic acids is 3. The third-order valence-corrected chi connectivity index (χ3v) is 4.93. The molecule has 0 aromatic heterocycles. The number of hydrogen-bond donors (Lipinski definition) is 4. The van der Waals surface area contributed by atoms with Gasteiger partial charge in [0.2, 0.25) is 5.91 Å². The van der Waals surface area contributed by atoms with Gasteiger partial charge in [0, 0.05) is 13.1 Å². The molecular formula is C24H40N4O4. The molecule has 0 radical (unpaired) electrons. The molecule has 0 aliphatic heterocycles. The van der Waals surface area contributed by atoms with E-state index in [1.165, 1.54) is 0 Å². The van der Waals surface area contributed by atoms with Gasteiger partial charge in [0.1, 0.15) is 12.6 Å². The largest absolute Gasteiger partial charge is 0.445 e. The van der Waals surface area contributed by atoms with Crippen LogP contribution in [0.4, 0.5) is 9.59 Å². The van der Waals surface area contributed by atoms with Crippen LogP contribution < -0.4 is 21.3 Å². The molecule has 180 valence electrons. The van der Waals surface area contributed by atoms with Crippen molar-refractivity contribution >= 4 is 18.0 Å². The molecule has 4 amide bonds. The van der Waals surface area contributed by atoms with Crippen molar-refractivity contribution in [3.63, 3.8) is 0 Å². The summed E-state index contributed by atoms with van der Waals surface area (Å²) in [6.07, 6.45) is 7.70. The van der Waals surface area contributed by atoms with Gasteiger partial charge in [-0.05, 0) is 18.4 Å². The highest BCUT2D eigenvalue weighted by Crippen LogP contribution is 2.01. The number of carbonyl (C=O) groups is 3. The summed E-state index contributed by atoms with van der Waals surface area (Å²) in [6.45, 7) is 5.41. The summed E-state index contributed by atoms with van der Waals surface area (Å²) >= 11 is 0.